The van der Waals surface area contributed by atoms with Gasteiger partial charge in [0.05, 0.1) is 23.0 Å². The first-order chi connectivity index (χ1) is 13.8. The molecular weight excluding hydrogens is 416 g/mol. The van der Waals surface area contributed by atoms with Gasteiger partial charge in [-0.15, -0.1) is 0 Å². The third-order valence-corrected chi connectivity index (χ3v) is 9.98. The first-order valence-corrected chi connectivity index (χ1v) is 12.9. The number of Topliss-reactive ketones (excluding diaryl/α,β-unsaturated/α-hetero) is 1. The number of hydrogen-bond acceptors (Lipinski definition) is 6. The summed E-state index contributed by atoms with van der Waals surface area (Å²) in [6.45, 7) is 1.46. The van der Waals surface area contributed by atoms with E-state index in [4.69, 9.17) is 4.74 Å². The zero-order chi connectivity index (χ0) is 20.6. The molecule has 2 saturated heterocycles. The van der Waals surface area contributed by atoms with Crippen LogP contribution in [-0.2, 0) is 29.6 Å². The molecule has 1 aromatic carbocycles. The van der Waals surface area contributed by atoms with Gasteiger partial charge in [0.25, 0.3) is 0 Å². The van der Waals surface area contributed by atoms with Crippen molar-refractivity contribution in [2.75, 3.05) is 32.8 Å². The van der Waals surface area contributed by atoms with Crippen LogP contribution in [0.3, 0.4) is 0 Å². The minimum absolute atomic E-state index is 0.0668. The van der Waals surface area contributed by atoms with Gasteiger partial charge in [-0.3, -0.25) is 4.79 Å². The average molecular weight is 443 g/mol. The summed E-state index contributed by atoms with van der Waals surface area (Å²) < 4.78 is 60.0. The van der Waals surface area contributed by atoms with E-state index in [0.717, 1.165) is 19.3 Å². The summed E-state index contributed by atoms with van der Waals surface area (Å²) in [5.74, 6) is -0.0543. The lowest BCUT2D eigenvalue weighted by Gasteiger charge is -2.42. The van der Waals surface area contributed by atoms with Crippen molar-refractivity contribution >= 4 is 25.8 Å². The predicted molar refractivity (Wildman–Crippen MR) is 105 cm³/mol. The lowest BCUT2D eigenvalue weighted by molar-refractivity contribution is -0.128. The SMILES string of the molecule is O=C1CCN(S(=O)(=O)c2ccc(S(=O)(=O)N3CCOCC3)cc2)[C@@H]2CCCC[C@@H]12. The topological polar surface area (TPSA) is 101 Å². The highest BCUT2D eigenvalue weighted by molar-refractivity contribution is 7.89. The van der Waals surface area contributed by atoms with Gasteiger partial charge in [0.1, 0.15) is 5.78 Å². The van der Waals surface area contributed by atoms with Crippen molar-refractivity contribution < 1.29 is 26.4 Å². The van der Waals surface area contributed by atoms with Crippen LogP contribution >= 0.6 is 0 Å². The number of carbonyl (C=O) groups excluding carboxylic acids is 1. The number of fused-ring (bicyclic) bond motifs is 1. The Labute approximate surface area is 171 Å². The predicted octanol–water partition coefficient (Wildman–Crippen LogP) is 1.23. The molecule has 1 aromatic rings. The maximum absolute atomic E-state index is 13.2. The number of rotatable bonds is 4. The molecule has 0 unspecified atom stereocenters. The first-order valence-electron chi connectivity index (χ1n) is 10.0. The van der Waals surface area contributed by atoms with Crippen LogP contribution in [0.5, 0.6) is 0 Å². The first kappa shape index (κ1) is 20.9. The van der Waals surface area contributed by atoms with Gasteiger partial charge in [0.2, 0.25) is 20.0 Å². The van der Waals surface area contributed by atoms with Crippen LogP contribution in [0.1, 0.15) is 32.1 Å². The number of nitrogens with zero attached hydrogens (tertiary/aromatic N) is 2. The Balaban J connectivity index is 1.58. The van der Waals surface area contributed by atoms with Gasteiger partial charge in [-0.25, -0.2) is 16.8 Å². The molecule has 1 aliphatic carbocycles. The van der Waals surface area contributed by atoms with E-state index in [2.05, 4.69) is 0 Å². The van der Waals surface area contributed by atoms with Crippen LogP contribution in [-0.4, -0.2) is 70.1 Å². The monoisotopic (exact) mass is 442 g/mol. The number of piperidine rings is 1. The minimum atomic E-state index is -3.79. The summed E-state index contributed by atoms with van der Waals surface area (Å²) in [6, 6.07) is 5.14. The molecule has 3 fully saturated rings. The Morgan fingerprint density at radius 1 is 0.828 bits per heavy atom. The molecule has 2 aliphatic heterocycles. The number of ether oxygens (including phenoxy) is 1. The van der Waals surface area contributed by atoms with Crippen molar-refractivity contribution in [3.8, 4) is 0 Å². The zero-order valence-corrected chi connectivity index (χ0v) is 17.8. The van der Waals surface area contributed by atoms with Gasteiger partial charge in [0, 0.05) is 38.0 Å². The quantitative estimate of drug-likeness (QED) is 0.695. The van der Waals surface area contributed by atoms with Gasteiger partial charge in [-0.1, -0.05) is 12.8 Å². The highest BCUT2D eigenvalue weighted by atomic mass is 32.2. The van der Waals surface area contributed by atoms with Gasteiger partial charge in [0.15, 0.2) is 0 Å². The lowest BCUT2D eigenvalue weighted by atomic mass is 9.79. The average Bonchev–Trinajstić information content (AvgIpc) is 2.75. The largest absolute Gasteiger partial charge is 0.379 e. The second-order valence-electron chi connectivity index (χ2n) is 7.78. The van der Waals surface area contributed by atoms with Crippen LogP contribution in [0, 0.1) is 5.92 Å². The van der Waals surface area contributed by atoms with Crippen molar-refractivity contribution in [3.05, 3.63) is 24.3 Å². The summed E-state index contributed by atoms with van der Waals surface area (Å²) in [5, 5.41) is 0. The van der Waals surface area contributed by atoms with E-state index >= 15 is 0 Å². The molecule has 0 aromatic heterocycles. The van der Waals surface area contributed by atoms with Crippen molar-refractivity contribution in [3.63, 3.8) is 0 Å². The Bertz CT molecular complexity index is 968. The summed E-state index contributed by atoms with van der Waals surface area (Å²) >= 11 is 0. The normalized spacial score (nSPS) is 27.5. The van der Waals surface area contributed by atoms with Crippen LogP contribution < -0.4 is 0 Å². The maximum Gasteiger partial charge on any atom is 0.243 e. The zero-order valence-electron chi connectivity index (χ0n) is 16.2. The van der Waals surface area contributed by atoms with Crippen molar-refractivity contribution in [1.82, 2.24) is 8.61 Å². The smallest absolute Gasteiger partial charge is 0.243 e. The Kier molecular flexibility index (Phi) is 5.82. The Morgan fingerprint density at radius 3 is 2.07 bits per heavy atom. The molecule has 1 saturated carbocycles. The number of morpholine rings is 1. The summed E-state index contributed by atoms with van der Waals surface area (Å²) in [5.41, 5.74) is 0. The van der Waals surface area contributed by atoms with Gasteiger partial charge in [-0.2, -0.15) is 8.61 Å². The van der Waals surface area contributed by atoms with E-state index in [0.29, 0.717) is 19.6 Å². The summed E-state index contributed by atoms with van der Waals surface area (Å²) in [6.07, 6.45) is 3.54. The van der Waals surface area contributed by atoms with Crippen LogP contribution in [0.25, 0.3) is 0 Å². The molecule has 0 N–H and O–H groups in total. The Morgan fingerprint density at radius 2 is 1.41 bits per heavy atom. The molecule has 8 nitrogen and oxygen atoms in total. The molecule has 29 heavy (non-hydrogen) atoms. The van der Waals surface area contributed by atoms with Crippen LogP contribution in [0.4, 0.5) is 0 Å². The van der Waals surface area contributed by atoms with E-state index in [9.17, 15) is 21.6 Å². The van der Waals surface area contributed by atoms with E-state index in [1.807, 2.05) is 0 Å². The van der Waals surface area contributed by atoms with Gasteiger partial charge >= 0.3 is 0 Å². The van der Waals surface area contributed by atoms with Crippen molar-refractivity contribution in [2.24, 2.45) is 5.92 Å². The highest BCUT2D eigenvalue weighted by Gasteiger charge is 2.43. The summed E-state index contributed by atoms with van der Waals surface area (Å²) in [4.78, 5) is 12.4. The molecule has 3 aliphatic rings. The molecule has 2 heterocycles. The number of ketones is 1. The van der Waals surface area contributed by atoms with Crippen molar-refractivity contribution in [1.29, 1.82) is 0 Å². The summed E-state index contributed by atoms with van der Waals surface area (Å²) in [7, 11) is -7.47. The van der Waals surface area contributed by atoms with E-state index in [1.54, 1.807) is 0 Å². The Hall–Kier alpha value is -1.33. The van der Waals surface area contributed by atoms with Gasteiger partial charge in [-0.05, 0) is 37.1 Å². The third-order valence-electron chi connectivity index (χ3n) is 6.13. The molecular formula is C19H26N2O6S2. The minimum Gasteiger partial charge on any atom is -0.379 e. The molecule has 4 rings (SSSR count). The number of carbonyl (C=O) groups is 1. The second kappa shape index (κ2) is 8.07. The third kappa shape index (κ3) is 3.88. The molecule has 0 radical (unpaired) electrons. The van der Waals surface area contributed by atoms with E-state index in [1.165, 1.54) is 32.9 Å². The van der Waals surface area contributed by atoms with E-state index < -0.39 is 20.0 Å². The molecule has 2 atom stereocenters. The lowest BCUT2D eigenvalue weighted by Crippen LogP contribution is -2.53. The number of sulfonamides is 2. The number of benzene rings is 1. The number of hydrogen-bond donors (Lipinski definition) is 0. The highest BCUT2D eigenvalue weighted by Crippen LogP contribution is 2.36. The maximum atomic E-state index is 13.2. The van der Waals surface area contributed by atoms with E-state index in [-0.39, 0.29) is 53.6 Å². The second-order valence-corrected chi connectivity index (χ2v) is 11.6. The van der Waals surface area contributed by atoms with Crippen molar-refractivity contribution in [2.45, 2.75) is 47.9 Å². The molecule has 10 heteroatoms. The molecule has 160 valence electrons. The fraction of sp³-hybridized carbons (Fsp3) is 0.632. The van der Waals surface area contributed by atoms with Crippen LogP contribution in [0.2, 0.25) is 0 Å². The molecule has 0 bridgehead atoms. The molecule has 0 amide bonds. The molecule has 0 spiro atoms. The fourth-order valence-corrected chi connectivity index (χ4v) is 7.66. The van der Waals surface area contributed by atoms with Gasteiger partial charge < -0.3 is 4.74 Å². The fourth-order valence-electron chi connectivity index (χ4n) is 4.56. The standard InChI is InChI=1S/C19H26N2O6S2/c22-19-9-10-21(18-4-2-1-3-17(18)19)29(25,26)16-7-5-15(6-8-16)28(23,24)20-11-13-27-14-12-20/h5-8,17-18H,1-4,9-14H2/t17-,18-/m1/s1. The van der Waals surface area contributed by atoms with Crippen LogP contribution in [0.15, 0.2) is 34.1 Å².